The van der Waals surface area contributed by atoms with Crippen LogP contribution in [0.25, 0.3) is 0 Å². The number of thiophene rings is 1. The Bertz CT molecular complexity index is 265. The molecular weight excluding hydrogens is 180 g/mol. The zero-order valence-electron chi connectivity index (χ0n) is 8.63. The zero-order chi connectivity index (χ0) is 9.84. The van der Waals surface area contributed by atoms with Crippen molar-refractivity contribution in [3.05, 3.63) is 21.4 Å². The number of unbranched alkanes of at least 4 members (excludes halogenated alkanes) is 1. The van der Waals surface area contributed by atoms with E-state index < -0.39 is 0 Å². The van der Waals surface area contributed by atoms with Gasteiger partial charge in [-0.3, -0.25) is 0 Å². The van der Waals surface area contributed by atoms with Crippen LogP contribution in [0.5, 0.6) is 0 Å². The standard InChI is InChI=1S/C11H18OS/c1-4-5-6-10(12)11-8(2)7-9(3)13-11/h7,10,12H,4-6H2,1-3H3. The number of hydrogen-bond donors (Lipinski definition) is 1. The zero-order valence-corrected chi connectivity index (χ0v) is 9.45. The van der Waals surface area contributed by atoms with Crippen LogP contribution in [0.4, 0.5) is 0 Å². The van der Waals surface area contributed by atoms with Gasteiger partial charge in [0.25, 0.3) is 0 Å². The Morgan fingerprint density at radius 1 is 1.46 bits per heavy atom. The summed E-state index contributed by atoms with van der Waals surface area (Å²) in [6.07, 6.45) is 2.92. The second kappa shape index (κ2) is 4.77. The van der Waals surface area contributed by atoms with E-state index in [1.165, 1.54) is 10.4 Å². The Hall–Kier alpha value is -0.340. The summed E-state index contributed by atoms with van der Waals surface area (Å²) in [5.41, 5.74) is 1.24. The van der Waals surface area contributed by atoms with E-state index in [1.54, 1.807) is 11.3 Å². The molecule has 1 aromatic rings. The molecule has 0 aliphatic carbocycles. The van der Waals surface area contributed by atoms with E-state index in [4.69, 9.17) is 0 Å². The van der Waals surface area contributed by atoms with Gasteiger partial charge in [0.2, 0.25) is 0 Å². The van der Waals surface area contributed by atoms with Crippen LogP contribution in [0, 0.1) is 13.8 Å². The van der Waals surface area contributed by atoms with Gasteiger partial charge in [-0.2, -0.15) is 0 Å². The van der Waals surface area contributed by atoms with Gasteiger partial charge in [-0.1, -0.05) is 19.8 Å². The molecule has 74 valence electrons. The second-order valence-electron chi connectivity index (χ2n) is 3.56. The van der Waals surface area contributed by atoms with Crippen LogP contribution in [0.3, 0.4) is 0 Å². The summed E-state index contributed by atoms with van der Waals surface area (Å²) in [6.45, 7) is 6.32. The van der Waals surface area contributed by atoms with Crippen molar-refractivity contribution in [3.8, 4) is 0 Å². The lowest BCUT2D eigenvalue weighted by atomic mass is 10.1. The number of aliphatic hydroxyl groups excluding tert-OH is 1. The molecule has 0 aliphatic heterocycles. The summed E-state index contributed by atoms with van der Waals surface area (Å²) in [7, 11) is 0. The van der Waals surface area contributed by atoms with Gasteiger partial charge in [0.05, 0.1) is 6.10 Å². The van der Waals surface area contributed by atoms with Crippen molar-refractivity contribution in [1.29, 1.82) is 0 Å². The van der Waals surface area contributed by atoms with Crippen LogP contribution in [0.15, 0.2) is 6.07 Å². The highest BCUT2D eigenvalue weighted by molar-refractivity contribution is 7.12. The van der Waals surface area contributed by atoms with Gasteiger partial charge in [-0.25, -0.2) is 0 Å². The van der Waals surface area contributed by atoms with Gasteiger partial charge in [0.15, 0.2) is 0 Å². The first-order valence-electron chi connectivity index (χ1n) is 4.90. The van der Waals surface area contributed by atoms with E-state index in [0.29, 0.717) is 0 Å². The lowest BCUT2D eigenvalue weighted by Gasteiger charge is -2.08. The Labute approximate surface area is 84.4 Å². The topological polar surface area (TPSA) is 20.2 Å². The fourth-order valence-corrected chi connectivity index (χ4v) is 2.58. The van der Waals surface area contributed by atoms with Crippen molar-refractivity contribution >= 4 is 11.3 Å². The van der Waals surface area contributed by atoms with Crippen molar-refractivity contribution in [2.75, 3.05) is 0 Å². The minimum Gasteiger partial charge on any atom is -0.388 e. The highest BCUT2D eigenvalue weighted by atomic mass is 32.1. The molecule has 1 atom stereocenters. The summed E-state index contributed by atoms with van der Waals surface area (Å²) in [4.78, 5) is 2.45. The molecule has 1 unspecified atom stereocenters. The molecule has 0 aliphatic rings. The molecule has 0 fully saturated rings. The first-order valence-corrected chi connectivity index (χ1v) is 5.71. The average molecular weight is 198 g/mol. The van der Waals surface area contributed by atoms with E-state index in [1.807, 2.05) is 0 Å². The summed E-state index contributed by atoms with van der Waals surface area (Å²) >= 11 is 1.72. The maximum absolute atomic E-state index is 9.86. The molecule has 0 amide bonds. The van der Waals surface area contributed by atoms with Gasteiger partial charge < -0.3 is 5.11 Å². The highest BCUT2D eigenvalue weighted by Crippen LogP contribution is 2.30. The molecule has 0 bridgehead atoms. The molecule has 1 aromatic heterocycles. The third-order valence-electron chi connectivity index (χ3n) is 2.21. The molecule has 0 saturated carbocycles. The Balaban J connectivity index is 2.64. The van der Waals surface area contributed by atoms with Crippen LogP contribution in [-0.4, -0.2) is 5.11 Å². The van der Waals surface area contributed by atoms with Gasteiger partial charge in [-0.15, -0.1) is 11.3 Å². The van der Waals surface area contributed by atoms with E-state index in [0.717, 1.165) is 24.1 Å². The van der Waals surface area contributed by atoms with Gasteiger partial charge in [0, 0.05) is 9.75 Å². The number of aliphatic hydroxyl groups is 1. The molecule has 0 saturated heterocycles. The smallest absolute Gasteiger partial charge is 0.0884 e. The first kappa shape index (κ1) is 10.7. The van der Waals surface area contributed by atoms with Crippen molar-refractivity contribution < 1.29 is 5.11 Å². The third-order valence-corrected chi connectivity index (χ3v) is 3.47. The molecule has 1 N–H and O–H groups in total. The summed E-state index contributed by atoms with van der Waals surface area (Å²) in [5, 5.41) is 9.86. The van der Waals surface area contributed by atoms with E-state index in [2.05, 4.69) is 26.8 Å². The highest BCUT2D eigenvalue weighted by Gasteiger charge is 2.12. The van der Waals surface area contributed by atoms with Crippen LogP contribution in [-0.2, 0) is 0 Å². The lowest BCUT2D eigenvalue weighted by Crippen LogP contribution is -1.95. The number of hydrogen-bond acceptors (Lipinski definition) is 2. The molecule has 1 nitrogen and oxygen atoms in total. The van der Waals surface area contributed by atoms with Gasteiger partial charge in [-0.05, 0) is 31.9 Å². The summed E-state index contributed by atoms with van der Waals surface area (Å²) < 4.78 is 0. The average Bonchev–Trinajstić information content (AvgIpc) is 2.41. The van der Waals surface area contributed by atoms with Crippen LogP contribution < -0.4 is 0 Å². The minimum atomic E-state index is -0.237. The van der Waals surface area contributed by atoms with Crippen molar-refractivity contribution in [3.63, 3.8) is 0 Å². The number of aryl methyl sites for hydroxylation is 2. The molecule has 1 rings (SSSR count). The molecule has 0 spiro atoms. The molecular formula is C11H18OS. The molecule has 0 aromatic carbocycles. The normalized spacial score (nSPS) is 13.2. The quantitative estimate of drug-likeness (QED) is 0.784. The van der Waals surface area contributed by atoms with Gasteiger partial charge in [0.1, 0.15) is 0 Å². The van der Waals surface area contributed by atoms with Crippen molar-refractivity contribution in [2.24, 2.45) is 0 Å². The molecule has 0 radical (unpaired) electrons. The fraction of sp³-hybridized carbons (Fsp3) is 0.636. The lowest BCUT2D eigenvalue weighted by molar-refractivity contribution is 0.167. The monoisotopic (exact) mass is 198 g/mol. The first-order chi connectivity index (χ1) is 6.15. The Morgan fingerprint density at radius 2 is 2.15 bits per heavy atom. The second-order valence-corrected chi connectivity index (χ2v) is 4.85. The Morgan fingerprint density at radius 3 is 2.62 bits per heavy atom. The summed E-state index contributed by atoms with van der Waals surface area (Å²) in [5.74, 6) is 0. The summed E-state index contributed by atoms with van der Waals surface area (Å²) in [6, 6.07) is 2.15. The largest absolute Gasteiger partial charge is 0.388 e. The third kappa shape index (κ3) is 2.82. The molecule has 2 heteroatoms. The van der Waals surface area contributed by atoms with Crippen LogP contribution >= 0.6 is 11.3 Å². The number of rotatable bonds is 4. The molecule has 1 heterocycles. The fourth-order valence-electron chi connectivity index (χ4n) is 1.52. The van der Waals surface area contributed by atoms with E-state index in [-0.39, 0.29) is 6.10 Å². The predicted octanol–water partition coefficient (Wildman–Crippen LogP) is 3.59. The Kier molecular flexibility index (Phi) is 3.94. The van der Waals surface area contributed by atoms with Crippen molar-refractivity contribution in [2.45, 2.75) is 46.1 Å². The molecule has 13 heavy (non-hydrogen) atoms. The van der Waals surface area contributed by atoms with E-state index in [9.17, 15) is 5.11 Å². The van der Waals surface area contributed by atoms with Crippen LogP contribution in [0.1, 0.15) is 47.6 Å². The van der Waals surface area contributed by atoms with Gasteiger partial charge >= 0.3 is 0 Å². The predicted molar refractivity (Wildman–Crippen MR) is 58.3 cm³/mol. The van der Waals surface area contributed by atoms with Crippen molar-refractivity contribution in [1.82, 2.24) is 0 Å². The minimum absolute atomic E-state index is 0.237. The maximum atomic E-state index is 9.86. The van der Waals surface area contributed by atoms with E-state index >= 15 is 0 Å². The van der Waals surface area contributed by atoms with Crippen LogP contribution in [0.2, 0.25) is 0 Å². The maximum Gasteiger partial charge on any atom is 0.0884 e. The SMILES string of the molecule is CCCCC(O)c1sc(C)cc1C.